The summed E-state index contributed by atoms with van der Waals surface area (Å²) in [7, 11) is -4.65. The molecule has 0 aromatic carbocycles. The van der Waals surface area contributed by atoms with Crippen LogP contribution in [0.3, 0.4) is 0 Å². The Labute approximate surface area is 289 Å². The standard InChI is InChI=1S/C36H62O10Si2/c1-13-47(14-2,15-3)45-25-20-36(41)32(40)30-34(12,31(39)29(43-23(8)37)28(22(25)7)33(36,10)11)26(46-48(16-4,17-5)18-6)19-27-35(30,21-42-27)44-24(9)38/h25-27,29-30,32,40-41H,13-21H2,1-12H3/t25-,26-,27+,29+,30?,32-,34+,35-,36+/m0/s1. The Balaban J connectivity index is 2.09. The molecule has 2 saturated carbocycles. The highest BCUT2D eigenvalue weighted by atomic mass is 28.4. The first-order valence-electron chi connectivity index (χ1n) is 18.3. The van der Waals surface area contributed by atoms with E-state index in [2.05, 4.69) is 41.5 Å². The molecule has 9 atom stereocenters. The molecule has 3 aliphatic carbocycles. The summed E-state index contributed by atoms with van der Waals surface area (Å²) in [6, 6.07) is 5.05. The van der Waals surface area contributed by atoms with Gasteiger partial charge < -0.3 is 33.3 Å². The molecule has 1 saturated heterocycles. The van der Waals surface area contributed by atoms with Crippen molar-refractivity contribution in [3.63, 3.8) is 0 Å². The van der Waals surface area contributed by atoms with Crippen molar-refractivity contribution in [3.8, 4) is 0 Å². The molecule has 1 unspecified atom stereocenters. The van der Waals surface area contributed by atoms with Gasteiger partial charge in [-0.3, -0.25) is 14.4 Å². The Hall–Kier alpha value is -1.42. The molecule has 2 N–H and O–H groups in total. The lowest BCUT2D eigenvalue weighted by atomic mass is 9.44. The summed E-state index contributed by atoms with van der Waals surface area (Å²) in [4.78, 5) is 41.4. The maximum Gasteiger partial charge on any atom is 0.303 e. The molecule has 1 heterocycles. The molecular weight excluding hydrogens is 649 g/mol. The van der Waals surface area contributed by atoms with E-state index >= 15 is 4.79 Å². The number of hydrogen-bond acceptors (Lipinski definition) is 10. The van der Waals surface area contributed by atoms with Gasteiger partial charge in [0.05, 0.1) is 30.3 Å². The number of carbonyl (C=O) groups is 3. The minimum Gasteiger partial charge on any atom is -0.454 e. The third-order valence-corrected chi connectivity index (χ3v) is 22.9. The smallest absolute Gasteiger partial charge is 0.303 e. The highest BCUT2D eigenvalue weighted by Gasteiger charge is 2.77. The van der Waals surface area contributed by atoms with E-state index in [1.54, 1.807) is 20.8 Å². The SMILES string of the molecule is CC[Si](CC)(CC)O[C@H]1C[C@@]2(O)[C@@H](O)C3[C@](C)(C(=O)[C@H](OC(C)=O)C(=C1C)C2(C)C)[C@@H](O[Si](CC)(CC)CC)C[C@H]1OC[C@@]31OC(C)=O. The van der Waals surface area contributed by atoms with Crippen molar-refractivity contribution >= 4 is 34.4 Å². The van der Waals surface area contributed by atoms with Crippen LogP contribution in [0.1, 0.15) is 95.9 Å². The van der Waals surface area contributed by atoms with Gasteiger partial charge in [0.25, 0.3) is 0 Å². The number of aliphatic hydroxyl groups excluding tert-OH is 1. The van der Waals surface area contributed by atoms with E-state index in [1.165, 1.54) is 13.8 Å². The van der Waals surface area contributed by atoms with E-state index in [-0.39, 0.29) is 19.4 Å². The fourth-order valence-electron chi connectivity index (χ4n) is 9.89. The number of hydrogen-bond donors (Lipinski definition) is 2. The van der Waals surface area contributed by atoms with Gasteiger partial charge >= 0.3 is 11.9 Å². The predicted octanol–water partition coefficient (Wildman–Crippen LogP) is 5.85. The van der Waals surface area contributed by atoms with E-state index < -0.39 is 92.8 Å². The summed E-state index contributed by atoms with van der Waals surface area (Å²) in [5, 5.41) is 26.2. The first-order chi connectivity index (χ1) is 22.3. The van der Waals surface area contributed by atoms with Crippen molar-refractivity contribution < 1.29 is 47.7 Å². The average Bonchev–Trinajstić information content (AvgIpc) is 3.03. The van der Waals surface area contributed by atoms with E-state index in [0.717, 1.165) is 41.8 Å². The van der Waals surface area contributed by atoms with Gasteiger partial charge in [-0.1, -0.05) is 55.4 Å². The zero-order valence-electron chi connectivity index (χ0n) is 31.5. The second kappa shape index (κ2) is 13.6. The maximum atomic E-state index is 15.6. The number of esters is 2. The van der Waals surface area contributed by atoms with Gasteiger partial charge in [0.2, 0.25) is 0 Å². The number of ketones is 1. The molecule has 3 fully saturated rings. The molecule has 0 aromatic rings. The van der Waals surface area contributed by atoms with Crippen LogP contribution >= 0.6 is 0 Å². The second-order valence-electron chi connectivity index (χ2n) is 15.7. The van der Waals surface area contributed by atoms with Gasteiger partial charge in [0, 0.05) is 38.0 Å². The minimum atomic E-state index is -2.38. The van der Waals surface area contributed by atoms with E-state index in [1.807, 2.05) is 6.92 Å². The predicted molar refractivity (Wildman–Crippen MR) is 187 cm³/mol. The van der Waals surface area contributed by atoms with Crippen LogP contribution in [0.4, 0.5) is 0 Å². The monoisotopic (exact) mass is 710 g/mol. The van der Waals surface area contributed by atoms with Crippen molar-refractivity contribution in [3.05, 3.63) is 11.1 Å². The van der Waals surface area contributed by atoms with Crippen LogP contribution in [0, 0.1) is 16.7 Å². The fraction of sp³-hybridized carbons (Fsp3) is 0.861. The lowest BCUT2D eigenvalue weighted by Crippen LogP contribution is -2.82. The Bertz CT molecular complexity index is 1270. The molecule has 0 amide bonds. The minimum absolute atomic E-state index is 0.0413. The van der Waals surface area contributed by atoms with Crippen molar-refractivity contribution in [1.29, 1.82) is 0 Å². The number of Topliss-reactive ketones (excluding diaryl/α,β-unsaturated/α-hetero) is 1. The number of ether oxygens (including phenoxy) is 3. The van der Waals surface area contributed by atoms with Gasteiger partial charge in [0.15, 0.2) is 34.1 Å². The van der Waals surface area contributed by atoms with E-state index in [4.69, 9.17) is 23.1 Å². The zero-order valence-corrected chi connectivity index (χ0v) is 33.5. The molecule has 0 radical (unpaired) electrons. The average molecular weight is 711 g/mol. The lowest BCUT2D eigenvalue weighted by Gasteiger charge is -2.68. The van der Waals surface area contributed by atoms with Gasteiger partial charge in [-0.2, -0.15) is 0 Å². The highest BCUT2D eigenvalue weighted by Crippen LogP contribution is 2.64. The van der Waals surface area contributed by atoms with Crippen LogP contribution in [0.5, 0.6) is 0 Å². The molecule has 0 spiro atoms. The first-order valence-corrected chi connectivity index (χ1v) is 23.3. The molecule has 4 aliphatic rings. The van der Waals surface area contributed by atoms with Gasteiger partial charge in [-0.25, -0.2) is 0 Å². The number of fused-ring (bicyclic) bond motifs is 5. The van der Waals surface area contributed by atoms with Gasteiger partial charge in [-0.05, 0) is 61.3 Å². The highest BCUT2D eigenvalue weighted by molar-refractivity contribution is 6.74. The summed E-state index contributed by atoms with van der Waals surface area (Å²) in [5.74, 6) is -2.77. The molecule has 10 nitrogen and oxygen atoms in total. The third kappa shape index (κ3) is 5.73. The summed E-state index contributed by atoms with van der Waals surface area (Å²) in [6.45, 7) is 22.5. The Morgan fingerprint density at radius 2 is 1.42 bits per heavy atom. The van der Waals surface area contributed by atoms with Crippen LogP contribution in [0.2, 0.25) is 36.3 Å². The third-order valence-electron chi connectivity index (χ3n) is 13.6. The quantitative estimate of drug-likeness (QED) is 0.144. The first kappa shape index (κ1) is 39.4. The lowest BCUT2D eigenvalue weighted by molar-refractivity contribution is -0.345. The molecule has 4 rings (SSSR count). The fourth-order valence-corrected chi connectivity index (χ4v) is 15.7. The maximum absolute atomic E-state index is 15.6. The van der Waals surface area contributed by atoms with Crippen LogP contribution in [-0.4, -0.2) is 92.9 Å². The van der Waals surface area contributed by atoms with Crippen LogP contribution in [0.15, 0.2) is 11.1 Å². The molecule has 48 heavy (non-hydrogen) atoms. The molecule has 2 bridgehead atoms. The second-order valence-corrected chi connectivity index (χ2v) is 25.1. The molecule has 274 valence electrons. The van der Waals surface area contributed by atoms with Crippen LogP contribution in [0.25, 0.3) is 0 Å². The summed E-state index contributed by atoms with van der Waals surface area (Å²) in [6.07, 6.45) is -4.66. The Kier molecular flexibility index (Phi) is 11.2. The Morgan fingerprint density at radius 1 is 0.896 bits per heavy atom. The van der Waals surface area contributed by atoms with Crippen molar-refractivity contribution in [2.45, 2.75) is 174 Å². The molecule has 0 aromatic heterocycles. The van der Waals surface area contributed by atoms with Crippen LogP contribution < -0.4 is 0 Å². The number of carbonyl (C=O) groups excluding carboxylic acids is 3. The molecular formula is C36H62O10Si2. The topological polar surface area (TPSA) is 138 Å². The van der Waals surface area contributed by atoms with Crippen molar-refractivity contribution in [1.82, 2.24) is 0 Å². The van der Waals surface area contributed by atoms with Gasteiger partial charge in [-0.15, -0.1) is 0 Å². The Morgan fingerprint density at radius 3 is 1.85 bits per heavy atom. The van der Waals surface area contributed by atoms with Crippen LogP contribution in [-0.2, 0) is 37.4 Å². The van der Waals surface area contributed by atoms with Crippen molar-refractivity contribution in [2.24, 2.45) is 16.7 Å². The van der Waals surface area contributed by atoms with E-state index in [9.17, 15) is 19.8 Å². The number of rotatable bonds is 12. The normalized spacial score (nSPS) is 37.8. The van der Waals surface area contributed by atoms with Crippen molar-refractivity contribution in [2.75, 3.05) is 6.61 Å². The summed E-state index contributed by atoms with van der Waals surface area (Å²) in [5.41, 5.74) is -4.86. The molecule has 1 aliphatic heterocycles. The summed E-state index contributed by atoms with van der Waals surface area (Å²) >= 11 is 0. The zero-order chi connectivity index (χ0) is 36.3. The van der Waals surface area contributed by atoms with E-state index in [0.29, 0.717) is 5.57 Å². The van der Waals surface area contributed by atoms with Gasteiger partial charge in [0.1, 0.15) is 11.7 Å². The number of aliphatic hydroxyl groups is 2. The summed E-state index contributed by atoms with van der Waals surface area (Å²) < 4.78 is 32.5. The largest absolute Gasteiger partial charge is 0.454 e. The molecule has 12 heteroatoms.